The van der Waals surface area contributed by atoms with Gasteiger partial charge in [-0.05, 0) is 24.3 Å². The smallest absolute Gasteiger partial charge is 0.342 e. The Morgan fingerprint density at radius 1 is 1.40 bits per heavy atom. The summed E-state index contributed by atoms with van der Waals surface area (Å²) >= 11 is 0. The predicted molar refractivity (Wildman–Crippen MR) is 56.0 cm³/mol. The third kappa shape index (κ3) is 1.83. The zero-order valence-corrected chi connectivity index (χ0v) is 8.78. The van der Waals surface area contributed by atoms with Crippen LogP contribution in [0.2, 0.25) is 0 Å². The number of carbonyl (C=O) groups is 1. The van der Waals surface area contributed by atoms with Gasteiger partial charge in [0.25, 0.3) is 6.54 Å². The molecule has 1 aromatic rings. The molecule has 0 bridgehead atoms. The van der Waals surface area contributed by atoms with Crippen LogP contribution in [0.4, 0.5) is 0 Å². The van der Waals surface area contributed by atoms with Gasteiger partial charge in [0, 0.05) is 12.5 Å². The van der Waals surface area contributed by atoms with Crippen LogP contribution in [0.5, 0.6) is 5.75 Å². The Hall–Kier alpha value is -1.84. The SMILES string of the molecule is COc1ccc(/C(C)=[N+]2/CC(=O)N2)cc1. The van der Waals surface area contributed by atoms with Gasteiger partial charge in [-0.3, -0.25) is 4.79 Å². The van der Waals surface area contributed by atoms with Crippen LogP contribution in [0.1, 0.15) is 12.5 Å². The summed E-state index contributed by atoms with van der Waals surface area (Å²) in [5.41, 5.74) is 4.81. The number of nitrogens with zero attached hydrogens (tertiary/aromatic N) is 1. The number of amides is 1. The van der Waals surface area contributed by atoms with E-state index < -0.39 is 0 Å². The second-order valence-corrected chi connectivity index (χ2v) is 3.44. The first-order chi connectivity index (χ1) is 7.20. The lowest BCUT2D eigenvalue weighted by molar-refractivity contribution is -0.602. The lowest BCUT2D eigenvalue weighted by Crippen LogP contribution is -2.54. The maximum atomic E-state index is 10.8. The monoisotopic (exact) mass is 205 g/mol. The fourth-order valence-electron chi connectivity index (χ4n) is 1.47. The minimum atomic E-state index is 0.0582. The molecule has 0 atom stereocenters. The Bertz CT molecular complexity index is 411. The van der Waals surface area contributed by atoms with E-state index in [0.717, 1.165) is 17.0 Å². The van der Waals surface area contributed by atoms with E-state index in [-0.39, 0.29) is 5.91 Å². The molecule has 1 amide bonds. The average Bonchev–Trinajstić information content (AvgIpc) is 2.24. The molecule has 4 nitrogen and oxygen atoms in total. The van der Waals surface area contributed by atoms with E-state index >= 15 is 0 Å². The van der Waals surface area contributed by atoms with E-state index in [2.05, 4.69) is 5.43 Å². The molecule has 2 rings (SSSR count). The Balaban J connectivity index is 2.23. The minimum absolute atomic E-state index is 0.0582. The van der Waals surface area contributed by atoms with Crippen molar-refractivity contribution >= 4 is 11.6 Å². The van der Waals surface area contributed by atoms with Crippen LogP contribution in [-0.4, -0.2) is 30.0 Å². The van der Waals surface area contributed by atoms with Gasteiger partial charge >= 0.3 is 5.91 Å². The highest BCUT2D eigenvalue weighted by atomic mass is 16.5. The molecule has 1 N–H and O–H groups in total. The van der Waals surface area contributed by atoms with Gasteiger partial charge in [0.15, 0.2) is 0 Å². The summed E-state index contributed by atoms with van der Waals surface area (Å²) in [6, 6.07) is 7.75. The molecule has 1 aromatic carbocycles. The molecule has 0 aromatic heterocycles. The molecule has 15 heavy (non-hydrogen) atoms. The van der Waals surface area contributed by atoms with Crippen LogP contribution in [0.15, 0.2) is 24.3 Å². The third-order valence-corrected chi connectivity index (χ3v) is 2.47. The van der Waals surface area contributed by atoms with Crippen molar-refractivity contribution < 1.29 is 14.2 Å². The first-order valence-electron chi connectivity index (χ1n) is 4.75. The number of rotatable bonds is 2. The lowest BCUT2D eigenvalue weighted by atomic mass is 10.1. The first kappa shape index (κ1) is 9.71. The van der Waals surface area contributed by atoms with Crippen molar-refractivity contribution in [2.75, 3.05) is 13.7 Å². The highest BCUT2D eigenvalue weighted by molar-refractivity contribution is 5.96. The van der Waals surface area contributed by atoms with Crippen molar-refractivity contribution in [3.05, 3.63) is 29.8 Å². The molecule has 78 valence electrons. The number of hydrazine groups is 1. The Morgan fingerprint density at radius 3 is 2.47 bits per heavy atom. The van der Waals surface area contributed by atoms with E-state index in [1.165, 1.54) is 0 Å². The quantitative estimate of drug-likeness (QED) is 0.717. The molecular formula is C11H13N2O2+. The van der Waals surface area contributed by atoms with Crippen molar-refractivity contribution in [1.29, 1.82) is 0 Å². The van der Waals surface area contributed by atoms with Crippen LogP contribution < -0.4 is 10.2 Å². The van der Waals surface area contributed by atoms with E-state index in [1.807, 2.05) is 35.9 Å². The number of carbonyl (C=O) groups excluding carboxylic acids is 1. The molecule has 0 saturated carbocycles. The van der Waals surface area contributed by atoms with Crippen molar-refractivity contribution in [2.24, 2.45) is 0 Å². The summed E-state index contributed by atoms with van der Waals surface area (Å²) in [4.78, 5) is 10.8. The van der Waals surface area contributed by atoms with Crippen LogP contribution in [-0.2, 0) is 4.79 Å². The second kappa shape index (κ2) is 3.73. The molecule has 0 radical (unpaired) electrons. The van der Waals surface area contributed by atoms with Gasteiger partial charge in [0.1, 0.15) is 5.75 Å². The number of ether oxygens (including phenoxy) is 1. The molecular weight excluding hydrogens is 192 g/mol. The largest absolute Gasteiger partial charge is 0.497 e. The first-order valence-corrected chi connectivity index (χ1v) is 4.75. The van der Waals surface area contributed by atoms with E-state index in [0.29, 0.717) is 6.54 Å². The van der Waals surface area contributed by atoms with Gasteiger partial charge in [-0.15, -0.1) is 10.1 Å². The van der Waals surface area contributed by atoms with Crippen LogP contribution in [0, 0.1) is 0 Å². The van der Waals surface area contributed by atoms with Gasteiger partial charge < -0.3 is 4.74 Å². The van der Waals surface area contributed by atoms with Gasteiger partial charge in [-0.1, -0.05) is 0 Å². The summed E-state index contributed by atoms with van der Waals surface area (Å²) in [6.45, 7) is 2.42. The number of hydrogen-bond donors (Lipinski definition) is 1. The summed E-state index contributed by atoms with van der Waals surface area (Å²) in [6.07, 6.45) is 0. The number of methoxy groups -OCH3 is 1. The maximum absolute atomic E-state index is 10.8. The van der Waals surface area contributed by atoms with Crippen LogP contribution in [0.25, 0.3) is 0 Å². The molecule has 1 fully saturated rings. The van der Waals surface area contributed by atoms with E-state index in [4.69, 9.17) is 4.74 Å². The molecule has 1 heterocycles. The van der Waals surface area contributed by atoms with E-state index in [9.17, 15) is 4.79 Å². The maximum Gasteiger partial charge on any atom is 0.342 e. The minimum Gasteiger partial charge on any atom is -0.497 e. The summed E-state index contributed by atoms with van der Waals surface area (Å²) < 4.78 is 6.90. The fraction of sp³-hybridized carbons (Fsp3) is 0.273. The van der Waals surface area contributed by atoms with Crippen molar-refractivity contribution in [3.63, 3.8) is 0 Å². The molecule has 1 aliphatic heterocycles. The fourth-order valence-corrected chi connectivity index (χ4v) is 1.47. The average molecular weight is 205 g/mol. The Kier molecular flexibility index (Phi) is 2.41. The summed E-state index contributed by atoms with van der Waals surface area (Å²) in [5.74, 6) is 0.891. The van der Waals surface area contributed by atoms with Crippen LogP contribution >= 0.6 is 0 Å². The third-order valence-electron chi connectivity index (χ3n) is 2.47. The predicted octanol–water partition coefficient (Wildman–Crippen LogP) is 0.561. The van der Waals surface area contributed by atoms with Crippen molar-refractivity contribution in [1.82, 2.24) is 5.43 Å². The van der Waals surface area contributed by atoms with Crippen molar-refractivity contribution in [2.45, 2.75) is 6.92 Å². The molecule has 0 aliphatic carbocycles. The van der Waals surface area contributed by atoms with Crippen molar-refractivity contribution in [3.8, 4) is 5.75 Å². The number of hydrazone groups is 1. The zero-order valence-electron chi connectivity index (χ0n) is 8.78. The Labute approximate surface area is 88.2 Å². The summed E-state index contributed by atoms with van der Waals surface area (Å²) in [7, 11) is 1.64. The van der Waals surface area contributed by atoms with Gasteiger partial charge in [0.05, 0.1) is 7.11 Å². The standard InChI is InChI=1S/C11H12N2O2/c1-8(13-7-11(14)12-13)9-3-5-10(15-2)6-4-9/h3-6H,7H2,1-2H3/p+1/b13-8-. The van der Waals surface area contributed by atoms with Gasteiger partial charge in [-0.25, -0.2) is 0 Å². The molecule has 4 heteroatoms. The number of hydrogen-bond acceptors (Lipinski definition) is 2. The van der Waals surface area contributed by atoms with Gasteiger partial charge in [-0.2, -0.15) is 0 Å². The second-order valence-electron chi connectivity index (χ2n) is 3.44. The topological polar surface area (TPSA) is 41.3 Å². The molecule has 0 spiro atoms. The highest BCUT2D eigenvalue weighted by Crippen LogP contribution is 2.12. The molecule has 0 unspecified atom stereocenters. The zero-order chi connectivity index (χ0) is 10.8. The molecule has 1 saturated heterocycles. The highest BCUT2D eigenvalue weighted by Gasteiger charge is 2.29. The molecule has 1 aliphatic rings. The lowest BCUT2D eigenvalue weighted by Gasteiger charge is -2.13. The number of benzene rings is 1. The van der Waals surface area contributed by atoms with Crippen LogP contribution in [0.3, 0.4) is 0 Å². The normalized spacial score (nSPS) is 17.9. The van der Waals surface area contributed by atoms with E-state index in [1.54, 1.807) is 7.11 Å². The summed E-state index contributed by atoms with van der Waals surface area (Å²) in [5, 5.41) is 0. The Morgan fingerprint density at radius 2 is 2.00 bits per heavy atom. The number of nitrogens with one attached hydrogen (secondary N) is 1. The van der Waals surface area contributed by atoms with Gasteiger partial charge in [0.2, 0.25) is 5.71 Å².